The summed E-state index contributed by atoms with van der Waals surface area (Å²) in [5, 5.41) is 3.22. The predicted octanol–water partition coefficient (Wildman–Crippen LogP) is 2.73. The van der Waals surface area contributed by atoms with Crippen molar-refractivity contribution < 1.29 is 0 Å². The molecule has 0 aliphatic rings. The maximum atomic E-state index is 12.4. The van der Waals surface area contributed by atoms with Crippen LogP contribution < -0.4 is 10.9 Å². The van der Waals surface area contributed by atoms with Gasteiger partial charge in [0, 0.05) is 13.1 Å². The van der Waals surface area contributed by atoms with Crippen LogP contribution in [0.15, 0.2) is 35.1 Å². The van der Waals surface area contributed by atoms with E-state index >= 15 is 0 Å². The molecule has 2 aromatic rings. The summed E-state index contributed by atoms with van der Waals surface area (Å²) in [5.41, 5.74) is 2.49. The normalized spacial score (nSPS) is 10.4. The lowest BCUT2D eigenvalue weighted by Crippen LogP contribution is -2.22. The Kier molecular flexibility index (Phi) is 4.84. The summed E-state index contributed by atoms with van der Waals surface area (Å²) in [6.07, 6.45) is 0. The van der Waals surface area contributed by atoms with Gasteiger partial charge in [-0.25, -0.2) is 4.68 Å². The van der Waals surface area contributed by atoms with Gasteiger partial charge < -0.3 is 5.32 Å². The van der Waals surface area contributed by atoms with Gasteiger partial charge in [0.05, 0.1) is 11.4 Å². The molecule has 0 bridgehead atoms. The van der Waals surface area contributed by atoms with Crippen molar-refractivity contribution in [3.8, 4) is 5.69 Å². The number of nitrogens with one attached hydrogen (secondary N) is 1. The highest BCUT2D eigenvalue weighted by Crippen LogP contribution is 2.14. The summed E-state index contributed by atoms with van der Waals surface area (Å²) in [4.78, 5) is 12.4. The summed E-state index contributed by atoms with van der Waals surface area (Å²) >= 11 is 0. The molecular weight excluding hydrogens is 262 g/mol. The number of benzene rings is 1. The van der Waals surface area contributed by atoms with Gasteiger partial charge in [-0.3, -0.25) is 9.48 Å². The summed E-state index contributed by atoms with van der Waals surface area (Å²) in [6, 6.07) is 9.90. The first-order chi connectivity index (χ1) is 8.52. The van der Waals surface area contributed by atoms with E-state index in [1.807, 2.05) is 62.8 Å². The lowest BCUT2D eigenvalue weighted by molar-refractivity contribution is 0.630. The Morgan fingerprint density at radius 3 is 2.26 bits per heavy atom. The van der Waals surface area contributed by atoms with Crippen LogP contribution in [0.25, 0.3) is 5.69 Å². The van der Waals surface area contributed by atoms with Crippen LogP contribution in [0.3, 0.4) is 0 Å². The predicted molar refractivity (Wildman–Crippen MR) is 81.8 cm³/mol. The third-order valence-corrected chi connectivity index (χ3v) is 2.99. The summed E-state index contributed by atoms with van der Waals surface area (Å²) in [5.74, 6) is 0. The molecule has 0 fully saturated rings. The Hall–Kier alpha value is -1.68. The van der Waals surface area contributed by atoms with Gasteiger partial charge in [0.1, 0.15) is 5.69 Å². The Morgan fingerprint density at radius 2 is 1.74 bits per heavy atom. The highest BCUT2D eigenvalue weighted by Gasteiger charge is 2.15. The number of halogens is 1. The lowest BCUT2D eigenvalue weighted by atomic mass is 10.3. The summed E-state index contributed by atoms with van der Waals surface area (Å²) in [7, 11) is 1.90. The lowest BCUT2D eigenvalue weighted by Gasteiger charge is -2.08. The average molecular weight is 282 g/mol. The molecule has 0 radical (unpaired) electrons. The van der Waals surface area contributed by atoms with E-state index in [1.54, 1.807) is 4.68 Å². The van der Waals surface area contributed by atoms with Crippen LogP contribution in [0, 0.1) is 6.92 Å². The van der Waals surface area contributed by atoms with Crippen LogP contribution in [0.5, 0.6) is 0 Å². The SMILES string of the molecule is Cc1c(NC(C)C)c(=O)n(-c2ccccc2)n1C.Cl. The number of para-hydroxylation sites is 1. The Morgan fingerprint density at radius 1 is 1.16 bits per heavy atom. The standard InChI is InChI=1S/C14H19N3O.ClH/c1-10(2)15-13-11(3)16(4)17(14(13)18)12-8-6-5-7-9-12;/h5-10,15H,1-4H3;1H. The van der Waals surface area contributed by atoms with Gasteiger partial charge in [0.25, 0.3) is 5.56 Å². The van der Waals surface area contributed by atoms with Gasteiger partial charge in [-0.1, -0.05) is 18.2 Å². The molecule has 0 saturated heterocycles. The first-order valence-electron chi connectivity index (χ1n) is 6.13. The van der Waals surface area contributed by atoms with Crippen LogP contribution in [0.1, 0.15) is 19.5 Å². The molecule has 0 amide bonds. The van der Waals surface area contributed by atoms with E-state index in [-0.39, 0.29) is 24.0 Å². The highest BCUT2D eigenvalue weighted by molar-refractivity contribution is 5.85. The minimum atomic E-state index is -0.00472. The number of hydrogen-bond donors (Lipinski definition) is 1. The second-order valence-corrected chi connectivity index (χ2v) is 4.74. The van der Waals surface area contributed by atoms with Gasteiger partial charge in [-0.05, 0) is 32.9 Å². The van der Waals surface area contributed by atoms with E-state index in [2.05, 4.69) is 5.32 Å². The van der Waals surface area contributed by atoms with Crippen LogP contribution in [-0.4, -0.2) is 15.4 Å². The Bertz CT molecular complexity index is 599. The molecule has 2 rings (SSSR count). The Balaban J connectivity index is 0.00000180. The van der Waals surface area contributed by atoms with E-state index < -0.39 is 0 Å². The van der Waals surface area contributed by atoms with Crippen molar-refractivity contribution in [2.45, 2.75) is 26.8 Å². The number of anilines is 1. The summed E-state index contributed by atoms with van der Waals surface area (Å²) in [6.45, 7) is 6.00. The molecule has 104 valence electrons. The molecule has 0 atom stereocenters. The molecule has 19 heavy (non-hydrogen) atoms. The number of nitrogens with zero attached hydrogens (tertiary/aromatic N) is 2. The largest absolute Gasteiger partial charge is 0.377 e. The van der Waals surface area contributed by atoms with Crippen molar-refractivity contribution in [1.29, 1.82) is 0 Å². The molecule has 5 heteroatoms. The highest BCUT2D eigenvalue weighted by atomic mass is 35.5. The third kappa shape index (κ3) is 2.84. The minimum absolute atomic E-state index is 0. The maximum absolute atomic E-state index is 12.4. The van der Waals surface area contributed by atoms with Crippen LogP contribution in [0.2, 0.25) is 0 Å². The van der Waals surface area contributed by atoms with E-state index in [9.17, 15) is 4.79 Å². The second kappa shape index (κ2) is 5.97. The molecule has 0 aliphatic carbocycles. The molecule has 4 nitrogen and oxygen atoms in total. The average Bonchev–Trinajstić information content (AvgIpc) is 2.54. The Labute approximate surface area is 119 Å². The smallest absolute Gasteiger partial charge is 0.295 e. The minimum Gasteiger partial charge on any atom is -0.377 e. The first kappa shape index (κ1) is 15.4. The maximum Gasteiger partial charge on any atom is 0.295 e. The van der Waals surface area contributed by atoms with Crippen molar-refractivity contribution in [3.63, 3.8) is 0 Å². The van der Waals surface area contributed by atoms with Gasteiger partial charge in [0.15, 0.2) is 0 Å². The van der Waals surface area contributed by atoms with Crippen molar-refractivity contribution in [1.82, 2.24) is 9.36 Å². The van der Waals surface area contributed by atoms with Crippen molar-refractivity contribution in [2.24, 2.45) is 7.05 Å². The van der Waals surface area contributed by atoms with E-state index in [0.717, 1.165) is 11.4 Å². The van der Waals surface area contributed by atoms with Gasteiger partial charge in [-0.15, -0.1) is 12.4 Å². The number of aromatic nitrogens is 2. The van der Waals surface area contributed by atoms with Crippen LogP contribution >= 0.6 is 12.4 Å². The molecule has 0 saturated carbocycles. The monoisotopic (exact) mass is 281 g/mol. The van der Waals surface area contributed by atoms with Crippen molar-refractivity contribution in [3.05, 3.63) is 46.4 Å². The fourth-order valence-corrected chi connectivity index (χ4v) is 2.02. The zero-order valence-corrected chi connectivity index (χ0v) is 12.5. The first-order valence-corrected chi connectivity index (χ1v) is 6.13. The van der Waals surface area contributed by atoms with E-state index in [4.69, 9.17) is 0 Å². The van der Waals surface area contributed by atoms with E-state index in [0.29, 0.717) is 5.69 Å². The molecule has 1 aromatic heterocycles. The molecule has 0 aliphatic heterocycles. The van der Waals surface area contributed by atoms with Gasteiger partial charge in [0.2, 0.25) is 0 Å². The molecule has 0 unspecified atom stereocenters. The molecule has 1 aromatic carbocycles. The van der Waals surface area contributed by atoms with Crippen molar-refractivity contribution >= 4 is 18.1 Å². The molecule has 1 N–H and O–H groups in total. The number of rotatable bonds is 3. The van der Waals surface area contributed by atoms with Gasteiger partial charge >= 0.3 is 0 Å². The van der Waals surface area contributed by atoms with E-state index in [1.165, 1.54) is 0 Å². The topological polar surface area (TPSA) is 39.0 Å². The zero-order chi connectivity index (χ0) is 13.3. The van der Waals surface area contributed by atoms with Crippen LogP contribution in [0.4, 0.5) is 5.69 Å². The molecular formula is C14H20ClN3O. The second-order valence-electron chi connectivity index (χ2n) is 4.74. The number of hydrogen-bond acceptors (Lipinski definition) is 2. The summed E-state index contributed by atoms with van der Waals surface area (Å²) < 4.78 is 3.56. The quantitative estimate of drug-likeness (QED) is 0.940. The molecule has 0 spiro atoms. The zero-order valence-electron chi connectivity index (χ0n) is 11.7. The fourth-order valence-electron chi connectivity index (χ4n) is 2.02. The van der Waals surface area contributed by atoms with Gasteiger partial charge in [-0.2, -0.15) is 0 Å². The fraction of sp³-hybridized carbons (Fsp3) is 0.357. The third-order valence-electron chi connectivity index (χ3n) is 2.99. The molecule has 1 heterocycles. The van der Waals surface area contributed by atoms with Crippen LogP contribution in [-0.2, 0) is 7.05 Å². The van der Waals surface area contributed by atoms with Crippen molar-refractivity contribution in [2.75, 3.05) is 5.32 Å².